The lowest BCUT2D eigenvalue weighted by atomic mass is 9.48. The summed E-state index contributed by atoms with van der Waals surface area (Å²) in [5, 5.41) is 11.2. The molecule has 2 heterocycles. The van der Waals surface area contributed by atoms with E-state index in [1.165, 1.54) is 48.8 Å². The van der Waals surface area contributed by atoms with Gasteiger partial charge in [0.05, 0.1) is 17.1 Å². The quantitative estimate of drug-likeness (QED) is 0.302. The molecule has 4 saturated carbocycles. The molecule has 0 spiro atoms. The fraction of sp³-hybridized carbons (Fsp3) is 0.375. The Labute approximate surface area is 250 Å². The smallest absolute Gasteiger partial charge is 0.335 e. The molecule has 0 amide bonds. The molecule has 8 rings (SSSR count). The van der Waals surface area contributed by atoms with E-state index in [4.69, 9.17) is 0 Å². The highest BCUT2D eigenvalue weighted by Crippen LogP contribution is 2.61. The van der Waals surface area contributed by atoms with Gasteiger partial charge in [-0.1, -0.05) is 24.3 Å². The number of aromatic amines is 1. The highest BCUT2D eigenvalue weighted by molar-refractivity contribution is 9.10. The van der Waals surface area contributed by atoms with Crippen LogP contribution in [0.15, 0.2) is 72.4 Å². The number of benzene rings is 2. The van der Waals surface area contributed by atoms with Gasteiger partial charge in [0.2, 0.25) is 5.88 Å². The van der Waals surface area contributed by atoms with Crippen LogP contribution in [-0.2, 0) is 12.5 Å². The SMILES string of the molecule is Cc1c(N=Cc2c(O)n(-c3ccc(C45CC6CC(CC(C6)C4)C5)cc3Br)c(=O)[nH]c2=O)c(=O)n(-c2ccccc2)n1C. The third-order valence-electron chi connectivity index (χ3n) is 9.81. The molecular weight excluding hydrogens is 598 g/mol. The number of aromatic nitrogens is 4. The van der Waals surface area contributed by atoms with Crippen LogP contribution < -0.4 is 16.8 Å². The van der Waals surface area contributed by atoms with Crippen molar-refractivity contribution in [3.63, 3.8) is 0 Å². The molecule has 0 atom stereocenters. The summed E-state index contributed by atoms with van der Waals surface area (Å²) < 4.78 is 4.89. The molecular formula is C32H32BrN5O4. The van der Waals surface area contributed by atoms with Crippen LogP contribution in [0.3, 0.4) is 0 Å². The zero-order valence-electron chi connectivity index (χ0n) is 23.5. The second-order valence-corrected chi connectivity index (χ2v) is 13.2. The molecule has 0 unspecified atom stereocenters. The van der Waals surface area contributed by atoms with E-state index < -0.39 is 17.1 Å². The number of nitrogens with one attached hydrogen (secondary N) is 1. The molecule has 4 aliphatic rings. The number of H-pyrrole nitrogens is 1. The molecule has 2 aromatic carbocycles. The minimum Gasteiger partial charge on any atom is -0.493 e. The van der Waals surface area contributed by atoms with Crippen LogP contribution in [0.25, 0.3) is 11.4 Å². The Balaban J connectivity index is 1.27. The van der Waals surface area contributed by atoms with Crippen molar-refractivity contribution < 1.29 is 5.11 Å². The molecule has 2 aromatic heterocycles. The van der Waals surface area contributed by atoms with Crippen molar-refractivity contribution in [3.05, 3.63) is 101 Å². The number of nitrogens with zero attached hydrogens (tertiary/aromatic N) is 4. The first kappa shape index (κ1) is 26.9. The molecule has 0 radical (unpaired) electrons. The van der Waals surface area contributed by atoms with Crippen LogP contribution >= 0.6 is 15.9 Å². The van der Waals surface area contributed by atoms with Crippen LogP contribution in [0.2, 0.25) is 0 Å². The monoisotopic (exact) mass is 629 g/mol. The fourth-order valence-corrected chi connectivity index (χ4v) is 8.75. The predicted molar refractivity (Wildman–Crippen MR) is 165 cm³/mol. The van der Waals surface area contributed by atoms with Crippen LogP contribution in [0.4, 0.5) is 5.69 Å². The number of halogens is 1. The largest absolute Gasteiger partial charge is 0.493 e. The summed E-state index contributed by atoms with van der Waals surface area (Å²) in [6, 6.07) is 15.1. The second-order valence-electron chi connectivity index (χ2n) is 12.4. The zero-order chi connectivity index (χ0) is 29.3. The Morgan fingerprint density at radius 1 is 1.00 bits per heavy atom. The molecule has 4 aromatic rings. The van der Waals surface area contributed by atoms with E-state index in [-0.39, 0.29) is 22.2 Å². The Bertz CT molecular complexity index is 1900. The highest BCUT2D eigenvalue weighted by atomic mass is 79.9. The van der Waals surface area contributed by atoms with Crippen molar-refractivity contribution in [2.75, 3.05) is 0 Å². The highest BCUT2D eigenvalue weighted by Gasteiger charge is 2.51. The average molecular weight is 631 g/mol. The van der Waals surface area contributed by atoms with Crippen molar-refractivity contribution in [2.24, 2.45) is 29.8 Å². The normalized spacial score (nSPS) is 24.6. The third-order valence-corrected chi connectivity index (χ3v) is 10.4. The van der Waals surface area contributed by atoms with E-state index in [0.717, 1.165) is 28.5 Å². The molecule has 4 fully saturated rings. The molecule has 2 N–H and O–H groups in total. The minimum atomic E-state index is -0.796. The first-order chi connectivity index (χ1) is 20.1. The Hall–Kier alpha value is -3.92. The number of para-hydroxylation sites is 1. The average Bonchev–Trinajstić information content (AvgIpc) is 3.16. The van der Waals surface area contributed by atoms with E-state index >= 15 is 0 Å². The fourth-order valence-electron chi connectivity index (χ4n) is 8.19. The van der Waals surface area contributed by atoms with Crippen LogP contribution in [-0.4, -0.2) is 30.2 Å². The summed E-state index contributed by atoms with van der Waals surface area (Å²) in [4.78, 5) is 45.7. The van der Waals surface area contributed by atoms with Gasteiger partial charge in [0.25, 0.3) is 11.1 Å². The number of hydrogen-bond donors (Lipinski definition) is 2. The Morgan fingerprint density at radius 3 is 2.26 bits per heavy atom. The summed E-state index contributed by atoms with van der Waals surface area (Å²) in [5.41, 5.74) is 1.08. The van der Waals surface area contributed by atoms with Crippen LogP contribution in [0.1, 0.15) is 55.3 Å². The Kier molecular flexibility index (Phi) is 6.31. The van der Waals surface area contributed by atoms with Gasteiger partial charge in [0.15, 0.2) is 5.69 Å². The van der Waals surface area contributed by atoms with Gasteiger partial charge in [-0.05, 0) is 114 Å². The van der Waals surface area contributed by atoms with Gasteiger partial charge in [0, 0.05) is 17.7 Å². The molecule has 42 heavy (non-hydrogen) atoms. The zero-order valence-corrected chi connectivity index (χ0v) is 25.1. The van der Waals surface area contributed by atoms with Crippen LogP contribution in [0, 0.1) is 24.7 Å². The number of aromatic hydroxyl groups is 1. The van der Waals surface area contributed by atoms with E-state index in [2.05, 4.69) is 38.0 Å². The first-order valence-corrected chi connectivity index (χ1v) is 15.2. The van der Waals surface area contributed by atoms with Gasteiger partial charge in [-0.2, -0.15) is 0 Å². The molecule has 9 nitrogen and oxygen atoms in total. The lowest BCUT2D eigenvalue weighted by Crippen LogP contribution is -2.48. The van der Waals surface area contributed by atoms with Gasteiger partial charge in [-0.15, -0.1) is 0 Å². The number of aliphatic imine (C=N–C) groups is 1. The van der Waals surface area contributed by atoms with Crippen molar-refractivity contribution in [2.45, 2.75) is 50.9 Å². The summed E-state index contributed by atoms with van der Waals surface area (Å²) in [5.74, 6) is 1.85. The lowest BCUT2D eigenvalue weighted by Gasteiger charge is -2.57. The lowest BCUT2D eigenvalue weighted by molar-refractivity contribution is -0.00521. The van der Waals surface area contributed by atoms with Crippen molar-refractivity contribution in [1.82, 2.24) is 18.9 Å². The summed E-state index contributed by atoms with van der Waals surface area (Å²) in [6.45, 7) is 1.75. The van der Waals surface area contributed by atoms with Gasteiger partial charge in [-0.25, -0.2) is 19.0 Å². The van der Waals surface area contributed by atoms with Gasteiger partial charge < -0.3 is 5.11 Å². The van der Waals surface area contributed by atoms with E-state index in [0.29, 0.717) is 21.5 Å². The molecule has 10 heteroatoms. The molecule has 4 aliphatic carbocycles. The standard InChI is InChI=1S/C32H32BrN5O4/c1-18-27(30(41)38(36(18)2)23-6-4-3-5-7-23)34-17-24-28(39)35-31(42)37(29(24)40)26-9-8-22(13-25(26)33)32-14-19-10-20(15-32)12-21(11-19)16-32/h3-9,13,17,19-21,40H,10-12,14-16H2,1-2H3,(H,35,39,42). The van der Waals surface area contributed by atoms with Gasteiger partial charge >= 0.3 is 5.69 Å². The van der Waals surface area contributed by atoms with E-state index in [1.54, 1.807) is 18.7 Å². The summed E-state index contributed by atoms with van der Waals surface area (Å²) >= 11 is 3.66. The van der Waals surface area contributed by atoms with Gasteiger partial charge in [0.1, 0.15) is 5.56 Å². The maximum atomic E-state index is 13.3. The molecule has 0 saturated heterocycles. The molecule has 0 aliphatic heterocycles. The maximum Gasteiger partial charge on any atom is 0.335 e. The minimum absolute atomic E-state index is 0.124. The van der Waals surface area contributed by atoms with Crippen molar-refractivity contribution in [1.29, 1.82) is 0 Å². The Morgan fingerprint density at radius 2 is 1.64 bits per heavy atom. The third kappa shape index (κ3) is 4.18. The summed E-state index contributed by atoms with van der Waals surface area (Å²) in [6.07, 6.45) is 8.82. The van der Waals surface area contributed by atoms with Crippen molar-refractivity contribution in [3.8, 4) is 17.3 Å². The van der Waals surface area contributed by atoms with E-state index in [1.807, 2.05) is 36.4 Å². The topological polar surface area (TPSA) is 114 Å². The van der Waals surface area contributed by atoms with Crippen molar-refractivity contribution >= 4 is 27.8 Å². The molecule has 4 bridgehead atoms. The second kappa shape index (κ2) is 9.83. The predicted octanol–water partition coefficient (Wildman–Crippen LogP) is 5.01. The molecule has 216 valence electrons. The number of rotatable bonds is 5. The van der Waals surface area contributed by atoms with Crippen LogP contribution in [0.5, 0.6) is 5.88 Å². The first-order valence-electron chi connectivity index (χ1n) is 14.4. The number of hydrogen-bond acceptors (Lipinski definition) is 5. The summed E-state index contributed by atoms with van der Waals surface area (Å²) in [7, 11) is 1.75. The maximum absolute atomic E-state index is 13.3. The van der Waals surface area contributed by atoms with E-state index in [9.17, 15) is 19.5 Å². The van der Waals surface area contributed by atoms with Gasteiger partial charge in [-0.3, -0.25) is 19.3 Å².